The highest BCUT2D eigenvalue weighted by atomic mass is 32.1. The Bertz CT molecular complexity index is 699. The molecule has 1 aromatic rings. The summed E-state index contributed by atoms with van der Waals surface area (Å²) in [5.41, 5.74) is 0. The van der Waals surface area contributed by atoms with Crippen molar-refractivity contribution in [2.75, 3.05) is 10.6 Å². The predicted molar refractivity (Wildman–Crippen MR) is 117 cm³/mol. The van der Waals surface area contributed by atoms with Crippen molar-refractivity contribution in [3.05, 3.63) is 18.2 Å². The minimum absolute atomic E-state index is 0.0416. The number of pyridine rings is 1. The summed E-state index contributed by atoms with van der Waals surface area (Å²) < 4.78 is 0. The minimum Gasteiger partial charge on any atom is -0.317 e. The fourth-order valence-electron chi connectivity index (χ4n) is 3.67. The van der Waals surface area contributed by atoms with Gasteiger partial charge >= 0.3 is 0 Å². The fraction of sp³-hybridized carbons (Fsp3) is 0.526. The first kappa shape index (κ1) is 20.6. The number of anilines is 2. The summed E-state index contributed by atoms with van der Waals surface area (Å²) >= 11 is 10.4. The number of carbonyl (C=O) groups is 2. The van der Waals surface area contributed by atoms with Crippen LogP contribution in [0.5, 0.6) is 0 Å². The Hall–Kier alpha value is -2.13. The van der Waals surface area contributed by atoms with Crippen LogP contribution in [0, 0.1) is 11.8 Å². The van der Waals surface area contributed by atoms with Crippen molar-refractivity contribution in [1.82, 2.24) is 15.6 Å². The van der Waals surface area contributed by atoms with Crippen LogP contribution in [0.25, 0.3) is 0 Å². The molecule has 0 radical (unpaired) electrons. The van der Waals surface area contributed by atoms with Gasteiger partial charge in [-0.05, 0) is 62.3 Å². The Morgan fingerprint density at radius 1 is 0.786 bits per heavy atom. The SMILES string of the molecule is O=C(NC(=S)Nc1cccc(NC(=S)NC(=O)C2CCCC2)n1)C1CCCC1. The maximum Gasteiger partial charge on any atom is 0.229 e. The molecule has 28 heavy (non-hydrogen) atoms. The summed E-state index contributed by atoms with van der Waals surface area (Å²) in [6.07, 6.45) is 8.00. The molecule has 4 N–H and O–H groups in total. The molecule has 2 amide bonds. The molecule has 1 heterocycles. The van der Waals surface area contributed by atoms with Crippen LogP contribution in [-0.2, 0) is 9.59 Å². The van der Waals surface area contributed by atoms with Crippen LogP contribution in [0.2, 0.25) is 0 Å². The second kappa shape index (κ2) is 9.88. The van der Waals surface area contributed by atoms with Crippen molar-refractivity contribution < 1.29 is 9.59 Å². The molecule has 3 rings (SSSR count). The van der Waals surface area contributed by atoms with Crippen molar-refractivity contribution in [3.8, 4) is 0 Å². The van der Waals surface area contributed by atoms with Gasteiger partial charge in [-0.2, -0.15) is 0 Å². The minimum atomic E-state index is -0.0416. The first-order valence-corrected chi connectivity index (χ1v) is 10.5. The molecule has 9 heteroatoms. The van der Waals surface area contributed by atoms with Gasteiger partial charge in [0.25, 0.3) is 0 Å². The van der Waals surface area contributed by atoms with Crippen LogP contribution in [0.4, 0.5) is 11.6 Å². The Balaban J connectivity index is 1.48. The molecule has 0 bridgehead atoms. The predicted octanol–water partition coefficient (Wildman–Crippen LogP) is 3.09. The van der Waals surface area contributed by atoms with Gasteiger partial charge in [-0.3, -0.25) is 9.59 Å². The summed E-state index contributed by atoms with van der Waals surface area (Å²) in [5, 5.41) is 11.7. The first-order valence-electron chi connectivity index (χ1n) is 9.72. The normalized spacial score (nSPS) is 17.1. The second-order valence-corrected chi connectivity index (χ2v) is 8.07. The third-order valence-corrected chi connectivity index (χ3v) is 5.57. The molecule has 2 fully saturated rings. The van der Waals surface area contributed by atoms with E-state index in [2.05, 4.69) is 26.3 Å². The molecule has 2 saturated carbocycles. The summed E-state index contributed by atoms with van der Waals surface area (Å²) in [5.74, 6) is 0.960. The van der Waals surface area contributed by atoms with E-state index in [1.54, 1.807) is 18.2 Å². The second-order valence-electron chi connectivity index (χ2n) is 7.26. The summed E-state index contributed by atoms with van der Waals surface area (Å²) in [6, 6.07) is 5.25. The van der Waals surface area contributed by atoms with Gasteiger partial charge in [0.1, 0.15) is 11.6 Å². The number of nitrogens with one attached hydrogen (secondary N) is 4. The Kier molecular flexibility index (Phi) is 7.27. The molecule has 0 atom stereocenters. The lowest BCUT2D eigenvalue weighted by molar-refractivity contribution is -0.124. The van der Waals surface area contributed by atoms with E-state index in [4.69, 9.17) is 24.4 Å². The topological polar surface area (TPSA) is 95.1 Å². The summed E-state index contributed by atoms with van der Waals surface area (Å²) in [6.45, 7) is 0. The van der Waals surface area contributed by atoms with Gasteiger partial charge in [-0.25, -0.2) is 4.98 Å². The quantitative estimate of drug-likeness (QED) is 0.557. The number of rotatable bonds is 4. The van der Waals surface area contributed by atoms with E-state index in [0.717, 1.165) is 51.4 Å². The highest BCUT2D eigenvalue weighted by Gasteiger charge is 2.24. The molecule has 0 aliphatic heterocycles. The third-order valence-electron chi connectivity index (χ3n) is 5.16. The van der Waals surface area contributed by atoms with E-state index in [-0.39, 0.29) is 33.9 Å². The van der Waals surface area contributed by atoms with Crippen LogP contribution >= 0.6 is 24.4 Å². The van der Waals surface area contributed by atoms with E-state index in [1.807, 2.05) is 0 Å². The number of amides is 2. The lowest BCUT2D eigenvalue weighted by Crippen LogP contribution is -2.38. The molecule has 2 aliphatic carbocycles. The standard InChI is InChI=1S/C19H25N5O2S2/c25-16(12-6-1-2-7-12)23-18(27)21-14-10-5-11-15(20-14)22-19(28)24-17(26)13-8-3-4-9-13/h5,10-13H,1-4,6-9H2,(H4,20,21,22,23,24,25,26,27,28). The average Bonchev–Trinajstić information content (AvgIpc) is 3.36. The maximum absolute atomic E-state index is 12.1. The van der Waals surface area contributed by atoms with Crippen LogP contribution < -0.4 is 21.3 Å². The van der Waals surface area contributed by atoms with Gasteiger partial charge in [0, 0.05) is 11.8 Å². The lowest BCUT2D eigenvalue weighted by atomic mass is 10.1. The van der Waals surface area contributed by atoms with Gasteiger partial charge < -0.3 is 21.3 Å². The smallest absolute Gasteiger partial charge is 0.229 e. The van der Waals surface area contributed by atoms with E-state index in [1.165, 1.54) is 0 Å². The molecule has 0 aromatic carbocycles. The highest BCUT2D eigenvalue weighted by molar-refractivity contribution is 7.80. The van der Waals surface area contributed by atoms with Crippen molar-refractivity contribution in [3.63, 3.8) is 0 Å². The largest absolute Gasteiger partial charge is 0.317 e. The maximum atomic E-state index is 12.1. The monoisotopic (exact) mass is 419 g/mol. The average molecular weight is 420 g/mol. The van der Waals surface area contributed by atoms with Crippen LogP contribution in [0.3, 0.4) is 0 Å². The number of nitrogens with zero attached hydrogens (tertiary/aromatic N) is 1. The molecular weight excluding hydrogens is 394 g/mol. The van der Waals surface area contributed by atoms with Gasteiger partial charge in [0.05, 0.1) is 0 Å². The van der Waals surface area contributed by atoms with Crippen molar-refractivity contribution in [2.45, 2.75) is 51.4 Å². The first-order chi connectivity index (χ1) is 13.5. The number of hydrogen-bond donors (Lipinski definition) is 4. The van der Waals surface area contributed by atoms with Crippen molar-refractivity contribution >= 4 is 58.1 Å². The zero-order chi connectivity index (χ0) is 19.9. The number of aromatic nitrogens is 1. The van der Waals surface area contributed by atoms with Crippen molar-refractivity contribution in [2.24, 2.45) is 11.8 Å². The molecule has 7 nitrogen and oxygen atoms in total. The van der Waals surface area contributed by atoms with E-state index in [9.17, 15) is 9.59 Å². The van der Waals surface area contributed by atoms with Crippen LogP contribution in [0.15, 0.2) is 18.2 Å². The molecular formula is C19H25N5O2S2. The van der Waals surface area contributed by atoms with Crippen molar-refractivity contribution in [1.29, 1.82) is 0 Å². The molecule has 0 spiro atoms. The van der Waals surface area contributed by atoms with E-state index < -0.39 is 0 Å². The fourth-order valence-corrected chi connectivity index (χ4v) is 4.08. The lowest BCUT2D eigenvalue weighted by Gasteiger charge is -2.14. The number of carbonyl (C=O) groups excluding carboxylic acids is 2. The van der Waals surface area contributed by atoms with Gasteiger partial charge in [-0.1, -0.05) is 31.7 Å². The Morgan fingerprint density at radius 3 is 1.57 bits per heavy atom. The van der Waals surface area contributed by atoms with Gasteiger partial charge in [0.15, 0.2) is 10.2 Å². The number of thiocarbonyl (C=S) groups is 2. The van der Waals surface area contributed by atoms with E-state index in [0.29, 0.717) is 11.6 Å². The summed E-state index contributed by atoms with van der Waals surface area (Å²) in [7, 11) is 0. The zero-order valence-electron chi connectivity index (χ0n) is 15.6. The highest BCUT2D eigenvalue weighted by Crippen LogP contribution is 2.25. The molecule has 1 aromatic heterocycles. The Morgan fingerprint density at radius 2 is 1.18 bits per heavy atom. The van der Waals surface area contributed by atoms with Gasteiger partial charge in [-0.15, -0.1) is 0 Å². The molecule has 0 unspecified atom stereocenters. The number of hydrogen-bond acceptors (Lipinski definition) is 5. The molecule has 0 saturated heterocycles. The zero-order valence-corrected chi connectivity index (χ0v) is 17.3. The van der Waals surface area contributed by atoms with Crippen LogP contribution in [-0.4, -0.2) is 27.0 Å². The van der Waals surface area contributed by atoms with Gasteiger partial charge in [0.2, 0.25) is 11.8 Å². The van der Waals surface area contributed by atoms with E-state index >= 15 is 0 Å². The summed E-state index contributed by atoms with van der Waals surface area (Å²) in [4.78, 5) is 28.6. The molecule has 2 aliphatic rings. The Labute approximate surface area is 175 Å². The van der Waals surface area contributed by atoms with Crippen LogP contribution in [0.1, 0.15) is 51.4 Å². The third kappa shape index (κ3) is 5.93. The molecule has 150 valence electrons.